The van der Waals surface area contributed by atoms with Crippen molar-refractivity contribution in [2.75, 3.05) is 0 Å². The largest absolute Gasteiger partial charge is 0.361 e. The fourth-order valence-corrected chi connectivity index (χ4v) is 3.08. The summed E-state index contributed by atoms with van der Waals surface area (Å²) < 4.78 is 0. The third-order valence-electron chi connectivity index (χ3n) is 3.96. The molecule has 0 fully saturated rings. The number of hydrogen-bond donors (Lipinski definition) is 1. The number of aromatic amines is 1. The van der Waals surface area contributed by atoms with Gasteiger partial charge in [0.25, 0.3) is 5.82 Å². The monoisotopic (exact) mass is 318 g/mol. The molecule has 5 heteroatoms. The Balaban J connectivity index is 2.08. The Hall–Kier alpha value is -2.90. The summed E-state index contributed by atoms with van der Waals surface area (Å²) in [6.07, 6.45) is 3.51. The molecule has 0 radical (unpaired) electrons. The van der Waals surface area contributed by atoms with Crippen molar-refractivity contribution in [1.29, 1.82) is 0 Å². The maximum absolute atomic E-state index is 7.01. The van der Waals surface area contributed by atoms with E-state index in [1.807, 2.05) is 31.2 Å². The highest BCUT2D eigenvalue weighted by atomic mass is 35.5. The average Bonchev–Trinajstić information content (AvgIpc) is 2.94. The van der Waals surface area contributed by atoms with Gasteiger partial charge in [0.1, 0.15) is 6.20 Å². The van der Waals surface area contributed by atoms with Crippen LogP contribution in [0.3, 0.4) is 0 Å². The fourth-order valence-electron chi connectivity index (χ4n) is 2.87. The molecule has 4 rings (SSSR count). The SMILES string of the molecule is [C-]#[N+]c1ccc(-c2cc(Cl)cc3c2[nH]c2c(C)nccc23)cn1. The van der Waals surface area contributed by atoms with E-state index in [4.69, 9.17) is 18.2 Å². The normalized spacial score (nSPS) is 11.0. The number of rotatable bonds is 1. The molecule has 1 aromatic carbocycles. The van der Waals surface area contributed by atoms with Crippen LogP contribution in [0.4, 0.5) is 5.82 Å². The number of benzene rings is 1. The van der Waals surface area contributed by atoms with E-state index in [1.165, 1.54) is 0 Å². The minimum atomic E-state index is 0.378. The van der Waals surface area contributed by atoms with E-state index in [1.54, 1.807) is 18.5 Å². The first-order valence-corrected chi connectivity index (χ1v) is 7.45. The zero-order valence-electron chi connectivity index (χ0n) is 12.3. The van der Waals surface area contributed by atoms with Gasteiger partial charge in [0.2, 0.25) is 0 Å². The molecule has 110 valence electrons. The van der Waals surface area contributed by atoms with Crippen LogP contribution in [0.15, 0.2) is 42.7 Å². The second-order valence-electron chi connectivity index (χ2n) is 5.34. The third-order valence-corrected chi connectivity index (χ3v) is 4.18. The molecule has 0 atom stereocenters. The van der Waals surface area contributed by atoms with Crippen molar-refractivity contribution in [2.24, 2.45) is 0 Å². The molecule has 23 heavy (non-hydrogen) atoms. The minimum Gasteiger partial charge on any atom is -0.361 e. The predicted molar refractivity (Wildman–Crippen MR) is 92.8 cm³/mol. The molecule has 0 aliphatic rings. The van der Waals surface area contributed by atoms with Crippen molar-refractivity contribution < 1.29 is 0 Å². The molecule has 0 saturated heterocycles. The molecule has 0 bridgehead atoms. The molecule has 4 nitrogen and oxygen atoms in total. The number of aromatic nitrogens is 3. The Morgan fingerprint density at radius 2 is 1.96 bits per heavy atom. The lowest BCUT2D eigenvalue weighted by Crippen LogP contribution is -1.83. The van der Waals surface area contributed by atoms with E-state index >= 15 is 0 Å². The highest BCUT2D eigenvalue weighted by Gasteiger charge is 2.13. The van der Waals surface area contributed by atoms with E-state index in [9.17, 15) is 0 Å². The Labute approximate surface area is 137 Å². The van der Waals surface area contributed by atoms with Gasteiger partial charge in [-0.15, -0.1) is 4.98 Å². The van der Waals surface area contributed by atoms with Crippen LogP contribution in [0.2, 0.25) is 5.02 Å². The first kappa shape index (κ1) is 13.7. The topological polar surface area (TPSA) is 45.9 Å². The number of aryl methyl sites for hydroxylation is 1. The van der Waals surface area contributed by atoms with Crippen molar-refractivity contribution in [3.8, 4) is 11.1 Å². The van der Waals surface area contributed by atoms with Gasteiger partial charge in [-0.2, -0.15) is 0 Å². The highest BCUT2D eigenvalue weighted by Crippen LogP contribution is 2.36. The van der Waals surface area contributed by atoms with E-state index in [0.29, 0.717) is 10.8 Å². The summed E-state index contributed by atoms with van der Waals surface area (Å²) in [6.45, 7) is 8.99. The molecule has 4 aromatic rings. The molecule has 0 aliphatic heterocycles. The van der Waals surface area contributed by atoms with E-state index in [-0.39, 0.29) is 0 Å². The van der Waals surface area contributed by atoms with Crippen LogP contribution in [0.1, 0.15) is 5.69 Å². The molecular weight excluding hydrogens is 308 g/mol. The van der Waals surface area contributed by atoms with Gasteiger partial charge in [-0.05, 0) is 31.2 Å². The Morgan fingerprint density at radius 3 is 2.70 bits per heavy atom. The number of pyridine rings is 2. The second-order valence-corrected chi connectivity index (χ2v) is 5.77. The summed E-state index contributed by atoms with van der Waals surface area (Å²) >= 11 is 6.33. The summed E-state index contributed by atoms with van der Waals surface area (Å²) in [7, 11) is 0. The minimum absolute atomic E-state index is 0.378. The van der Waals surface area contributed by atoms with Crippen LogP contribution in [0.25, 0.3) is 37.8 Å². The lowest BCUT2D eigenvalue weighted by molar-refractivity contribution is 1.22. The van der Waals surface area contributed by atoms with Crippen molar-refractivity contribution in [3.63, 3.8) is 0 Å². The van der Waals surface area contributed by atoms with Crippen LogP contribution in [0, 0.1) is 13.5 Å². The fraction of sp³-hybridized carbons (Fsp3) is 0.0556. The quantitative estimate of drug-likeness (QED) is 0.485. The van der Waals surface area contributed by atoms with Gasteiger partial charge in [0, 0.05) is 33.1 Å². The van der Waals surface area contributed by atoms with Gasteiger partial charge in [-0.3, -0.25) is 4.98 Å². The number of hydrogen-bond acceptors (Lipinski definition) is 2. The average molecular weight is 319 g/mol. The molecule has 3 aromatic heterocycles. The van der Waals surface area contributed by atoms with Gasteiger partial charge in [0.05, 0.1) is 16.7 Å². The van der Waals surface area contributed by atoms with Crippen LogP contribution in [0.5, 0.6) is 0 Å². The molecule has 1 N–H and O–H groups in total. The van der Waals surface area contributed by atoms with Crippen LogP contribution in [-0.4, -0.2) is 15.0 Å². The van der Waals surface area contributed by atoms with Crippen LogP contribution in [-0.2, 0) is 0 Å². The van der Waals surface area contributed by atoms with Gasteiger partial charge in [0.15, 0.2) is 0 Å². The Bertz CT molecular complexity index is 1090. The van der Waals surface area contributed by atoms with Crippen LogP contribution < -0.4 is 0 Å². The number of H-pyrrole nitrogens is 1. The smallest absolute Gasteiger partial charge is 0.269 e. The lowest BCUT2D eigenvalue weighted by atomic mass is 10.0. The van der Waals surface area contributed by atoms with Crippen molar-refractivity contribution in [2.45, 2.75) is 6.92 Å². The van der Waals surface area contributed by atoms with Gasteiger partial charge in [-0.1, -0.05) is 24.2 Å². The second kappa shape index (κ2) is 5.08. The summed E-state index contributed by atoms with van der Waals surface area (Å²) in [5.74, 6) is 0.378. The summed E-state index contributed by atoms with van der Waals surface area (Å²) in [5.41, 5.74) is 4.84. The maximum atomic E-state index is 7.01. The summed E-state index contributed by atoms with van der Waals surface area (Å²) in [4.78, 5) is 15.3. The maximum Gasteiger partial charge on any atom is 0.269 e. The molecule has 0 amide bonds. The van der Waals surface area contributed by atoms with Crippen LogP contribution >= 0.6 is 11.6 Å². The lowest BCUT2D eigenvalue weighted by Gasteiger charge is -2.04. The van der Waals surface area contributed by atoms with Crippen molar-refractivity contribution >= 4 is 39.2 Å². The zero-order valence-corrected chi connectivity index (χ0v) is 13.0. The molecule has 0 aliphatic carbocycles. The Kier molecular flexibility index (Phi) is 3.03. The van der Waals surface area contributed by atoms with E-state index < -0.39 is 0 Å². The number of halogens is 1. The Morgan fingerprint density at radius 1 is 1.09 bits per heavy atom. The molecule has 0 unspecified atom stereocenters. The van der Waals surface area contributed by atoms with Crippen molar-refractivity contribution in [3.05, 3.63) is 64.9 Å². The molecule has 0 saturated carbocycles. The first-order valence-electron chi connectivity index (χ1n) is 7.08. The molecule has 3 heterocycles. The molecular formula is C18H11ClN4. The zero-order chi connectivity index (χ0) is 16.0. The van der Waals surface area contributed by atoms with Gasteiger partial charge in [-0.25, -0.2) is 0 Å². The number of nitrogens with zero attached hydrogens (tertiary/aromatic N) is 3. The number of nitrogens with one attached hydrogen (secondary N) is 1. The van der Waals surface area contributed by atoms with Gasteiger partial charge >= 0.3 is 0 Å². The standard InChI is InChI=1S/C18H11ClN4/c1-10-17-13(5-6-21-10)15-8-12(19)7-14(18(15)23-17)11-3-4-16(20-2)22-9-11/h3-9,23H,1H3. The summed E-state index contributed by atoms with van der Waals surface area (Å²) in [5, 5.41) is 2.82. The summed E-state index contributed by atoms with van der Waals surface area (Å²) in [6, 6.07) is 9.46. The predicted octanol–water partition coefficient (Wildman–Crippen LogP) is 5.29. The first-order chi connectivity index (χ1) is 11.2. The van der Waals surface area contributed by atoms with E-state index in [0.717, 1.165) is 38.6 Å². The number of fused-ring (bicyclic) bond motifs is 3. The highest BCUT2D eigenvalue weighted by molar-refractivity contribution is 6.32. The molecule has 0 spiro atoms. The van der Waals surface area contributed by atoms with Gasteiger partial charge < -0.3 is 9.83 Å². The third kappa shape index (κ3) is 2.14. The van der Waals surface area contributed by atoms with Crippen molar-refractivity contribution in [1.82, 2.24) is 15.0 Å². The van der Waals surface area contributed by atoms with E-state index in [2.05, 4.69) is 19.8 Å².